The number of nitrogens with zero attached hydrogens (tertiary/aromatic N) is 3. The standard InChI is InChI=1S/C22H30N6O/c1-23-22(25-14-20-24-13-19(27-20)16-7-3-2-4-8-16)26-18-11-12-28(15-18)21(29)17-9-5-6-10-17/h2-4,7-8,13,17-18H,5-6,9-12,14-15H2,1H3,(H,24,27)(H2,23,25,26). The average Bonchev–Trinajstić information content (AvgIpc) is 3.53. The average molecular weight is 395 g/mol. The lowest BCUT2D eigenvalue weighted by Crippen LogP contribution is -2.45. The summed E-state index contributed by atoms with van der Waals surface area (Å²) in [6.45, 7) is 2.15. The van der Waals surface area contributed by atoms with Crippen LogP contribution in [0.4, 0.5) is 0 Å². The Morgan fingerprint density at radius 2 is 2.03 bits per heavy atom. The fourth-order valence-corrected chi connectivity index (χ4v) is 4.28. The highest BCUT2D eigenvalue weighted by molar-refractivity contribution is 5.81. The van der Waals surface area contributed by atoms with Crippen molar-refractivity contribution in [2.24, 2.45) is 10.9 Å². The van der Waals surface area contributed by atoms with Crippen LogP contribution in [-0.2, 0) is 11.3 Å². The second kappa shape index (κ2) is 9.11. The van der Waals surface area contributed by atoms with Gasteiger partial charge in [-0.15, -0.1) is 0 Å². The van der Waals surface area contributed by atoms with E-state index in [1.807, 2.05) is 29.3 Å². The van der Waals surface area contributed by atoms with Crippen LogP contribution in [0.2, 0.25) is 0 Å². The summed E-state index contributed by atoms with van der Waals surface area (Å²) in [5.41, 5.74) is 2.12. The van der Waals surface area contributed by atoms with Crippen LogP contribution in [0.1, 0.15) is 37.9 Å². The van der Waals surface area contributed by atoms with Gasteiger partial charge in [0.15, 0.2) is 5.96 Å². The number of hydrogen-bond acceptors (Lipinski definition) is 3. The molecule has 0 bridgehead atoms. The number of H-pyrrole nitrogens is 1. The first kappa shape index (κ1) is 19.5. The van der Waals surface area contributed by atoms with Crippen LogP contribution < -0.4 is 10.6 Å². The maximum absolute atomic E-state index is 12.6. The van der Waals surface area contributed by atoms with Crippen molar-refractivity contribution in [3.63, 3.8) is 0 Å². The van der Waals surface area contributed by atoms with Gasteiger partial charge >= 0.3 is 0 Å². The van der Waals surface area contributed by atoms with E-state index in [0.717, 1.165) is 55.4 Å². The molecule has 1 atom stereocenters. The maximum atomic E-state index is 12.6. The third kappa shape index (κ3) is 4.78. The number of aliphatic imine (C=N–C) groups is 1. The quantitative estimate of drug-likeness (QED) is 0.537. The van der Waals surface area contributed by atoms with Crippen LogP contribution >= 0.6 is 0 Å². The fourth-order valence-electron chi connectivity index (χ4n) is 4.28. The Morgan fingerprint density at radius 1 is 1.24 bits per heavy atom. The number of carbonyl (C=O) groups excluding carboxylic acids is 1. The first-order valence-corrected chi connectivity index (χ1v) is 10.6. The number of benzene rings is 1. The number of aromatic nitrogens is 2. The molecule has 7 nitrogen and oxygen atoms in total. The number of aromatic amines is 1. The minimum atomic E-state index is 0.239. The van der Waals surface area contributed by atoms with Crippen molar-refractivity contribution in [3.05, 3.63) is 42.4 Å². The van der Waals surface area contributed by atoms with Crippen LogP contribution in [-0.4, -0.2) is 52.9 Å². The van der Waals surface area contributed by atoms with Crippen molar-refractivity contribution in [1.82, 2.24) is 25.5 Å². The molecule has 154 valence electrons. The third-order valence-corrected chi connectivity index (χ3v) is 5.91. The van der Waals surface area contributed by atoms with E-state index >= 15 is 0 Å². The summed E-state index contributed by atoms with van der Waals surface area (Å²) in [6, 6.07) is 10.4. The molecule has 1 aromatic heterocycles. The van der Waals surface area contributed by atoms with Gasteiger partial charge in [-0.1, -0.05) is 43.2 Å². The van der Waals surface area contributed by atoms with Gasteiger partial charge in [0.1, 0.15) is 5.82 Å². The Labute approximate surface area is 172 Å². The SMILES string of the molecule is CN=C(NCc1ncc(-c2ccccc2)[nH]1)NC1CCN(C(=O)C2CCCC2)C1. The predicted molar refractivity (Wildman–Crippen MR) is 114 cm³/mol. The number of rotatable bonds is 5. The number of hydrogen-bond donors (Lipinski definition) is 3. The monoisotopic (exact) mass is 394 g/mol. The molecule has 1 aromatic carbocycles. The van der Waals surface area contributed by atoms with Crippen LogP contribution in [0, 0.1) is 5.92 Å². The highest BCUT2D eigenvalue weighted by atomic mass is 16.2. The van der Waals surface area contributed by atoms with Gasteiger partial charge in [-0.05, 0) is 24.8 Å². The van der Waals surface area contributed by atoms with Crippen LogP contribution in [0.15, 0.2) is 41.5 Å². The molecule has 1 aliphatic heterocycles. The van der Waals surface area contributed by atoms with E-state index < -0.39 is 0 Å². The van der Waals surface area contributed by atoms with Gasteiger partial charge in [-0.2, -0.15) is 0 Å². The Morgan fingerprint density at radius 3 is 2.79 bits per heavy atom. The summed E-state index contributed by atoms with van der Waals surface area (Å²) in [5, 5.41) is 6.77. The smallest absolute Gasteiger partial charge is 0.225 e. The topological polar surface area (TPSA) is 85.4 Å². The summed E-state index contributed by atoms with van der Waals surface area (Å²) in [6.07, 6.45) is 7.32. The molecule has 1 amide bonds. The number of imidazole rings is 1. The van der Waals surface area contributed by atoms with E-state index in [2.05, 4.69) is 37.7 Å². The number of nitrogens with one attached hydrogen (secondary N) is 3. The van der Waals surface area contributed by atoms with Gasteiger partial charge in [0.2, 0.25) is 5.91 Å². The Hall–Kier alpha value is -2.83. The van der Waals surface area contributed by atoms with Crippen molar-refractivity contribution in [3.8, 4) is 11.3 Å². The van der Waals surface area contributed by atoms with Gasteiger partial charge in [-0.3, -0.25) is 9.79 Å². The zero-order chi connectivity index (χ0) is 20.1. The zero-order valence-electron chi connectivity index (χ0n) is 17.0. The van der Waals surface area contributed by atoms with Crippen LogP contribution in [0.5, 0.6) is 0 Å². The third-order valence-electron chi connectivity index (χ3n) is 5.91. The van der Waals surface area contributed by atoms with E-state index in [1.165, 1.54) is 12.8 Å². The molecule has 0 radical (unpaired) electrons. The lowest BCUT2D eigenvalue weighted by molar-refractivity contribution is -0.134. The minimum absolute atomic E-state index is 0.239. The van der Waals surface area contributed by atoms with E-state index in [-0.39, 0.29) is 12.0 Å². The molecule has 2 aliphatic rings. The highest BCUT2D eigenvalue weighted by Crippen LogP contribution is 2.27. The van der Waals surface area contributed by atoms with E-state index in [4.69, 9.17) is 0 Å². The Bertz CT molecular complexity index is 840. The van der Waals surface area contributed by atoms with E-state index in [1.54, 1.807) is 7.05 Å². The predicted octanol–water partition coefficient (Wildman–Crippen LogP) is 2.53. The van der Waals surface area contributed by atoms with E-state index in [9.17, 15) is 4.79 Å². The molecule has 1 saturated heterocycles. The summed E-state index contributed by atoms with van der Waals surface area (Å²) < 4.78 is 0. The Kier molecular flexibility index (Phi) is 6.12. The second-order valence-electron chi connectivity index (χ2n) is 7.93. The first-order valence-electron chi connectivity index (χ1n) is 10.6. The summed E-state index contributed by atoms with van der Waals surface area (Å²) in [5.74, 6) is 2.20. The lowest BCUT2D eigenvalue weighted by Gasteiger charge is -2.21. The van der Waals surface area contributed by atoms with Crippen molar-refractivity contribution < 1.29 is 4.79 Å². The van der Waals surface area contributed by atoms with Crippen molar-refractivity contribution >= 4 is 11.9 Å². The van der Waals surface area contributed by atoms with Gasteiger partial charge in [0, 0.05) is 32.1 Å². The Balaban J connectivity index is 1.26. The second-order valence-corrected chi connectivity index (χ2v) is 7.93. The van der Waals surface area contributed by atoms with Gasteiger partial charge in [0.05, 0.1) is 18.4 Å². The normalized spacial score (nSPS) is 20.2. The molecule has 3 N–H and O–H groups in total. The lowest BCUT2D eigenvalue weighted by atomic mass is 10.1. The molecule has 2 aromatic rings. The van der Waals surface area contributed by atoms with Crippen LogP contribution in [0.25, 0.3) is 11.3 Å². The molecule has 7 heteroatoms. The zero-order valence-corrected chi connectivity index (χ0v) is 17.0. The molecule has 4 rings (SSSR count). The van der Waals surface area contributed by atoms with Gasteiger partial charge < -0.3 is 20.5 Å². The molecule has 29 heavy (non-hydrogen) atoms. The van der Waals surface area contributed by atoms with E-state index in [0.29, 0.717) is 12.5 Å². The summed E-state index contributed by atoms with van der Waals surface area (Å²) in [4.78, 5) is 26.8. The number of likely N-dealkylation sites (tertiary alicyclic amines) is 1. The number of guanidine groups is 1. The van der Waals surface area contributed by atoms with Crippen molar-refractivity contribution in [1.29, 1.82) is 0 Å². The van der Waals surface area contributed by atoms with Crippen LogP contribution in [0.3, 0.4) is 0 Å². The number of carbonyl (C=O) groups is 1. The summed E-state index contributed by atoms with van der Waals surface area (Å²) in [7, 11) is 1.77. The molecule has 1 saturated carbocycles. The largest absolute Gasteiger partial charge is 0.352 e. The highest BCUT2D eigenvalue weighted by Gasteiger charge is 2.32. The molecular formula is C22H30N6O. The van der Waals surface area contributed by atoms with Crippen molar-refractivity contribution in [2.45, 2.75) is 44.7 Å². The van der Waals surface area contributed by atoms with Gasteiger partial charge in [0.25, 0.3) is 0 Å². The van der Waals surface area contributed by atoms with Crippen molar-refractivity contribution in [2.75, 3.05) is 20.1 Å². The summed E-state index contributed by atoms with van der Waals surface area (Å²) >= 11 is 0. The first-order chi connectivity index (χ1) is 14.2. The molecule has 2 fully saturated rings. The molecule has 1 aliphatic carbocycles. The maximum Gasteiger partial charge on any atom is 0.225 e. The number of amides is 1. The van der Waals surface area contributed by atoms with Gasteiger partial charge in [-0.25, -0.2) is 4.98 Å². The molecule has 0 spiro atoms. The minimum Gasteiger partial charge on any atom is -0.352 e. The fraction of sp³-hybridized carbons (Fsp3) is 0.500. The molecule has 1 unspecified atom stereocenters. The molecule has 2 heterocycles. The molecular weight excluding hydrogens is 364 g/mol.